The van der Waals surface area contributed by atoms with Crippen LogP contribution in [0.15, 0.2) is 48.5 Å². The van der Waals surface area contributed by atoms with Crippen molar-refractivity contribution in [3.63, 3.8) is 0 Å². The first-order valence-corrected chi connectivity index (χ1v) is 6.36. The number of anilines is 1. The number of carbonyl (C=O) groups is 2. The largest absolute Gasteiger partial charge is 0.389 e. The van der Waals surface area contributed by atoms with Crippen molar-refractivity contribution in [3.8, 4) is 0 Å². The van der Waals surface area contributed by atoms with Crippen molar-refractivity contribution >= 4 is 17.5 Å². The molecular formula is C16H13NO3. The minimum atomic E-state index is -0.754. The summed E-state index contributed by atoms with van der Waals surface area (Å²) in [5, 5.41) is 9.81. The molecule has 0 bridgehead atoms. The van der Waals surface area contributed by atoms with Gasteiger partial charge in [-0.3, -0.25) is 9.59 Å². The molecule has 0 saturated heterocycles. The highest BCUT2D eigenvalue weighted by atomic mass is 16.3. The number of imide groups is 1. The standard InChI is InChI=1S/C16H13NO3/c1-10(18)11-6-4-5-9-14(11)17-15(19)12-7-2-3-8-13(12)16(17)20/h2-10,18H,1H3. The van der Waals surface area contributed by atoms with Gasteiger partial charge in [-0.05, 0) is 25.1 Å². The molecule has 0 aromatic heterocycles. The summed E-state index contributed by atoms with van der Waals surface area (Å²) in [6.07, 6.45) is -0.754. The Morgan fingerprint density at radius 1 is 0.900 bits per heavy atom. The molecule has 1 aliphatic heterocycles. The van der Waals surface area contributed by atoms with E-state index in [1.807, 2.05) is 0 Å². The lowest BCUT2D eigenvalue weighted by molar-refractivity contribution is 0.0925. The highest BCUT2D eigenvalue weighted by Gasteiger charge is 2.37. The molecule has 0 saturated carbocycles. The molecule has 1 N–H and O–H groups in total. The van der Waals surface area contributed by atoms with Gasteiger partial charge in [-0.25, -0.2) is 4.90 Å². The summed E-state index contributed by atoms with van der Waals surface area (Å²) in [5.74, 6) is -0.697. The van der Waals surface area contributed by atoms with Gasteiger partial charge in [0.05, 0.1) is 22.9 Å². The van der Waals surface area contributed by atoms with Gasteiger partial charge in [-0.2, -0.15) is 0 Å². The van der Waals surface area contributed by atoms with Crippen LogP contribution in [0.3, 0.4) is 0 Å². The SMILES string of the molecule is CC(O)c1ccccc1N1C(=O)c2ccccc2C1=O. The van der Waals surface area contributed by atoms with E-state index >= 15 is 0 Å². The molecule has 1 atom stereocenters. The molecule has 2 amide bonds. The molecule has 20 heavy (non-hydrogen) atoms. The summed E-state index contributed by atoms with van der Waals surface area (Å²) in [5.41, 5.74) is 1.80. The second-order valence-electron chi connectivity index (χ2n) is 4.73. The zero-order chi connectivity index (χ0) is 14.3. The lowest BCUT2D eigenvalue weighted by Gasteiger charge is -2.19. The summed E-state index contributed by atoms with van der Waals surface area (Å²) in [4.78, 5) is 25.9. The van der Waals surface area contributed by atoms with E-state index in [0.717, 1.165) is 4.90 Å². The molecule has 100 valence electrons. The molecule has 0 fully saturated rings. The van der Waals surface area contributed by atoms with Crippen LogP contribution in [0.5, 0.6) is 0 Å². The summed E-state index contributed by atoms with van der Waals surface area (Å²) in [6.45, 7) is 1.61. The number of fused-ring (bicyclic) bond motifs is 1. The maximum atomic E-state index is 12.4. The Balaban J connectivity index is 2.15. The summed E-state index contributed by atoms with van der Waals surface area (Å²) in [7, 11) is 0. The first kappa shape index (κ1) is 12.6. The van der Waals surface area contributed by atoms with Gasteiger partial charge in [-0.15, -0.1) is 0 Å². The van der Waals surface area contributed by atoms with Gasteiger partial charge in [0, 0.05) is 5.56 Å². The first-order chi connectivity index (χ1) is 9.61. The molecule has 4 nitrogen and oxygen atoms in total. The maximum Gasteiger partial charge on any atom is 0.266 e. The minimum absolute atomic E-state index is 0.348. The fourth-order valence-electron chi connectivity index (χ4n) is 2.45. The Morgan fingerprint density at radius 3 is 1.95 bits per heavy atom. The predicted octanol–water partition coefficient (Wildman–Crippen LogP) is 2.54. The molecule has 4 heteroatoms. The number of rotatable bonds is 2. The maximum absolute atomic E-state index is 12.4. The topological polar surface area (TPSA) is 57.6 Å². The molecule has 3 rings (SSSR count). The van der Waals surface area contributed by atoms with Crippen LogP contribution in [0.4, 0.5) is 5.69 Å². The third-order valence-corrected chi connectivity index (χ3v) is 3.42. The monoisotopic (exact) mass is 267 g/mol. The van der Waals surface area contributed by atoms with E-state index in [1.165, 1.54) is 0 Å². The van der Waals surface area contributed by atoms with Gasteiger partial charge < -0.3 is 5.11 Å². The second kappa shape index (κ2) is 4.58. The number of aliphatic hydroxyl groups excluding tert-OH is 1. The molecule has 1 unspecified atom stereocenters. The van der Waals surface area contributed by atoms with Gasteiger partial charge in [0.25, 0.3) is 11.8 Å². The number of hydrogen-bond acceptors (Lipinski definition) is 3. The van der Waals surface area contributed by atoms with Crippen molar-refractivity contribution in [1.82, 2.24) is 0 Å². The summed E-state index contributed by atoms with van der Waals surface area (Å²) >= 11 is 0. The number of amides is 2. The fraction of sp³-hybridized carbons (Fsp3) is 0.125. The van der Waals surface area contributed by atoms with Gasteiger partial charge >= 0.3 is 0 Å². The quantitative estimate of drug-likeness (QED) is 0.851. The van der Waals surface area contributed by atoms with Crippen molar-refractivity contribution in [2.24, 2.45) is 0 Å². The van der Waals surface area contributed by atoms with Crippen LogP contribution in [0.25, 0.3) is 0 Å². The Labute approximate surface area is 116 Å². The minimum Gasteiger partial charge on any atom is -0.389 e. The summed E-state index contributed by atoms with van der Waals surface area (Å²) in [6, 6.07) is 13.6. The molecular weight excluding hydrogens is 254 g/mol. The van der Waals surface area contributed by atoms with Crippen LogP contribution in [0, 0.1) is 0 Å². The molecule has 0 aliphatic carbocycles. The Kier molecular flexibility index (Phi) is 2.88. The molecule has 2 aromatic carbocycles. The Bertz CT molecular complexity index is 671. The van der Waals surface area contributed by atoms with Crippen LogP contribution < -0.4 is 4.90 Å². The molecule has 0 spiro atoms. The van der Waals surface area contributed by atoms with Gasteiger partial charge in [0.2, 0.25) is 0 Å². The third-order valence-electron chi connectivity index (χ3n) is 3.42. The van der Waals surface area contributed by atoms with Gasteiger partial charge in [0.15, 0.2) is 0 Å². The van der Waals surface area contributed by atoms with Gasteiger partial charge in [-0.1, -0.05) is 30.3 Å². The van der Waals surface area contributed by atoms with Crippen LogP contribution in [0.1, 0.15) is 39.3 Å². The van der Waals surface area contributed by atoms with Crippen molar-refractivity contribution in [3.05, 3.63) is 65.2 Å². The van der Waals surface area contributed by atoms with E-state index < -0.39 is 6.10 Å². The lowest BCUT2D eigenvalue weighted by atomic mass is 10.1. The number of nitrogens with zero attached hydrogens (tertiary/aromatic N) is 1. The number of benzene rings is 2. The van der Waals surface area contributed by atoms with E-state index in [2.05, 4.69) is 0 Å². The second-order valence-corrected chi connectivity index (χ2v) is 4.73. The average Bonchev–Trinajstić information content (AvgIpc) is 2.71. The van der Waals surface area contributed by atoms with Crippen LogP contribution in [0.2, 0.25) is 0 Å². The predicted molar refractivity (Wildman–Crippen MR) is 74.7 cm³/mol. The zero-order valence-electron chi connectivity index (χ0n) is 10.9. The van der Waals surface area contributed by atoms with Gasteiger partial charge in [0.1, 0.15) is 0 Å². The van der Waals surface area contributed by atoms with Crippen molar-refractivity contribution in [2.75, 3.05) is 4.90 Å². The zero-order valence-corrected chi connectivity index (χ0v) is 10.9. The normalized spacial score (nSPS) is 15.4. The lowest BCUT2D eigenvalue weighted by Crippen LogP contribution is -2.30. The number of hydrogen-bond donors (Lipinski definition) is 1. The van der Waals surface area contributed by atoms with E-state index in [-0.39, 0.29) is 11.8 Å². The third kappa shape index (κ3) is 1.73. The van der Waals surface area contributed by atoms with Crippen LogP contribution in [-0.4, -0.2) is 16.9 Å². The van der Waals surface area contributed by atoms with Crippen molar-refractivity contribution < 1.29 is 14.7 Å². The number of para-hydroxylation sites is 1. The smallest absolute Gasteiger partial charge is 0.266 e. The van der Waals surface area contributed by atoms with Crippen molar-refractivity contribution in [1.29, 1.82) is 0 Å². The van der Waals surface area contributed by atoms with E-state index in [0.29, 0.717) is 22.4 Å². The Morgan fingerprint density at radius 2 is 1.40 bits per heavy atom. The van der Waals surface area contributed by atoms with E-state index in [9.17, 15) is 14.7 Å². The molecule has 1 heterocycles. The molecule has 1 aliphatic rings. The highest BCUT2D eigenvalue weighted by molar-refractivity contribution is 6.34. The Hall–Kier alpha value is -2.46. The summed E-state index contributed by atoms with van der Waals surface area (Å²) < 4.78 is 0. The molecule has 0 radical (unpaired) electrons. The average molecular weight is 267 g/mol. The van der Waals surface area contributed by atoms with E-state index in [4.69, 9.17) is 0 Å². The highest BCUT2D eigenvalue weighted by Crippen LogP contribution is 2.33. The van der Waals surface area contributed by atoms with E-state index in [1.54, 1.807) is 55.5 Å². The van der Waals surface area contributed by atoms with Crippen molar-refractivity contribution in [2.45, 2.75) is 13.0 Å². The first-order valence-electron chi connectivity index (χ1n) is 6.36. The van der Waals surface area contributed by atoms with Crippen LogP contribution in [-0.2, 0) is 0 Å². The molecule has 2 aromatic rings. The number of aliphatic hydroxyl groups is 1. The number of carbonyl (C=O) groups excluding carboxylic acids is 2. The fourth-order valence-corrected chi connectivity index (χ4v) is 2.45. The van der Waals surface area contributed by atoms with Crippen LogP contribution >= 0.6 is 0 Å².